The quantitative estimate of drug-likeness (QED) is 0.0440. The predicted octanol–water partition coefficient (Wildman–Crippen LogP) is -0.326. The first-order chi connectivity index (χ1) is 33.2. The van der Waals surface area contributed by atoms with Crippen LogP contribution in [0.3, 0.4) is 0 Å². The third kappa shape index (κ3) is 12.4. The Balaban J connectivity index is 1.53. The maximum atomic E-state index is 12.0. The minimum Gasteiger partial charge on any atom is -0.390 e. The smallest absolute Gasteiger partial charge is 0.187 e. The Kier molecular flexibility index (Phi) is 19.8. The third-order valence-electron chi connectivity index (χ3n) is 11.4. The molecular weight excluding hydrogens is 940 g/mol. The van der Waals surface area contributed by atoms with Gasteiger partial charge in [-0.05, 0) is 50.7 Å². The van der Waals surface area contributed by atoms with E-state index in [4.69, 9.17) is 60.0 Å². The molecule has 4 heterocycles. The maximum absolute atomic E-state index is 12.0. The molecule has 5 fully saturated rings. The summed E-state index contributed by atoms with van der Waals surface area (Å²) in [6, 6.07) is -8.10. The molecule has 24 atom stereocenters. The molecular formula is C29H42N24O16. The molecule has 5 rings (SSSR count). The van der Waals surface area contributed by atoms with Gasteiger partial charge in [0.25, 0.3) is 0 Å². The minimum absolute atomic E-state index is 0.468. The molecule has 0 aromatic carbocycles. The van der Waals surface area contributed by atoms with Crippen LogP contribution in [0.4, 0.5) is 0 Å². The third-order valence-corrected chi connectivity index (χ3v) is 11.4. The number of rotatable bonds is 20. The van der Waals surface area contributed by atoms with Crippen LogP contribution in [0.25, 0.3) is 83.5 Å². The number of aliphatic hydroxyl groups is 8. The van der Waals surface area contributed by atoms with Gasteiger partial charge in [0.15, 0.2) is 25.2 Å². The van der Waals surface area contributed by atoms with Crippen molar-refractivity contribution in [2.75, 3.05) is 26.2 Å². The van der Waals surface area contributed by atoms with E-state index < -0.39 is 180 Å². The Morgan fingerprint density at radius 2 is 0.797 bits per heavy atom. The van der Waals surface area contributed by atoms with Crippen LogP contribution < -0.4 is 0 Å². The fourth-order valence-corrected chi connectivity index (χ4v) is 8.10. The molecule has 69 heavy (non-hydrogen) atoms. The molecule has 4 aliphatic heterocycles. The van der Waals surface area contributed by atoms with Gasteiger partial charge >= 0.3 is 0 Å². The highest BCUT2D eigenvalue weighted by molar-refractivity contribution is 5.05. The Morgan fingerprint density at radius 3 is 1.30 bits per heavy atom. The van der Waals surface area contributed by atoms with Crippen LogP contribution in [0.1, 0.15) is 6.42 Å². The lowest BCUT2D eigenvalue weighted by molar-refractivity contribution is -0.308. The van der Waals surface area contributed by atoms with Crippen molar-refractivity contribution < 1.29 is 78.7 Å². The van der Waals surface area contributed by atoms with Crippen LogP contribution in [0, 0.1) is 0 Å². The number of ether oxygens (including phenoxy) is 8. The second kappa shape index (κ2) is 25.4. The lowest BCUT2D eigenvalue weighted by atomic mass is 9.84. The summed E-state index contributed by atoms with van der Waals surface area (Å²) in [5, 5.41) is 116. The predicted molar refractivity (Wildman–Crippen MR) is 215 cm³/mol. The molecule has 40 nitrogen and oxygen atoms in total. The van der Waals surface area contributed by atoms with Gasteiger partial charge in [0, 0.05) is 39.3 Å². The summed E-state index contributed by atoms with van der Waals surface area (Å²) in [6.07, 6.45) is -35.6. The Labute approximate surface area is 382 Å². The molecule has 4 saturated heterocycles. The SMILES string of the molecule is [N-]=[N+]=NCC1O[C@@H](O[C@H]2C(N=[N+]=[N-])C[C@@H](N=[N+]=[N-])C(O)[C@H]2O[C@@H]2O[C@H](CO[C@@H]3OC(CN=[N+]=[N-])[C@H](N=[N+]=[N-])[C@H](O)C3O)[C@H](O[C@H]3O[C@@H](CN=[N+]=[N-])[C@@H](O)C(O)C3N=[N+]=[N-])C2O)C(N=[N+]=[N-])[C@@H](O)[C@H]1O. The monoisotopic (exact) mass is 982 g/mol. The van der Waals surface area contributed by atoms with Crippen molar-refractivity contribution in [2.45, 2.75) is 153 Å². The maximum Gasteiger partial charge on any atom is 0.187 e. The van der Waals surface area contributed by atoms with E-state index in [1.54, 1.807) is 0 Å². The van der Waals surface area contributed by atoms with Gasteiger partial charge in [-0.3, -0.25) is 0 Å². The van der Waals surface area contributed by atoms with E-state index in [0.717, 1.165) is 0 Å². The van der Waals surface area contributed by atoms with E-state index in [2.05, 4.69) is 80.2 Å². The largest absolute Gasteiger partial charge is 0.390 e. The fourth-order valence-electron chi connectivity index (χ4n) is 8.10. The lowest BCUT2D eigenvalue weighted by Crippen LogP contribution is -2.63. The van der Waals surface area contributed by atoms with Crippen LogP contribution in [0.2, 0.25) is 0 Å². The average molecular weight is 983 g/mol. The molecule has 9 unspecified atom stereocenters. The van der Waals surface area contributed by atoms with Crippen molar-refractivity contribution in [3.8, 4) is 0 Å². The summed E-state index contributed by atoms with van der Waals surface area (Å²) in [7, 11) is 0. The molecule has 5 aliphatic rings. The van der Waals surface area contributed by atoms with E-state index in [-0.39, 0.29) is 0 Å². The van der Waals surface area contributed by atoms with Crippen LogP contribution in [-0.2, 0) is 37.9 Å². The molecule has 0 bridgehead atoms. The van der Waals surface area contributed by atoms with Gasteiger partial charge in [-0.15, -0.1) is 0 Å². The van der Waals surface area contributed by atoms with Gasteiger partial charge in [0.1, 0.15) is 54.8 Å². The molecule has 0 aromatic rings. The van der Waals surface area contributed by atoms with Crippen molar-refractivity contribution in [3.05, 3.63) is 83.5 Å². The molecule has 40 heteroatoms. The van der Waals surface area contributed by atoms with Crippen LogP contribution in [-0.4, -0.2) is 214 Å². The number of nitrogens with zero attached hydrogens (tertiary/aromatic N) is 24. The Morgan fingerprint density at radius 1 is 0.377 bits per heavy atom. The summed E-state index contributed by atoms with van der Waals surface area (Å²) in [6.45, 7) is -2.61. The Hall–Kier alpha value is -6.16. The highest BCUT2D eigenvalue weighted by Gasteiger charge is 2.56. The van der Waals surface area contributed by atoms with Crippen molar-refractivity contribution in [2.24, 2.45) is 40.9 Å². The van der Waals surface area contributed by atoms with Gasteiger partial charge in [-0.2, -0.15) is 0 Å². The van der Waals surface area contributed by atoms with Gasteiger partial charge in [0.2, 0.25) is 0 Å². The summed E-state index contributed by atoms with van der Waals surface area (Å²) >= 11 is 0. The second-order valence-electron chi connectivity index (χ2n) is 15.3. The fraction of sp³-hybridized carbons (Fsp3) is 1.00. The normalized spacial score (nSPS) is 42.7. The zero-order valence-electron chi connectivity index (χ0n) is 35.0. The molecule has 0 amide bonds. The zero-order valence-corrected chi connectivity index (χ0v) is 35.0. The molecule has 0 spiro atoms. The lowest BCUT2D eigenvalue weighted by Gasteiger charge is -2.47. The minimum atomic E-state index is -2.14. The van der Waals surface area contributed by atoms with E-state index in [1.807, 2.05) is 0 Å². The van der Waals surface area contributed by atoms with Crippen LogP contribution in [0.5, 0.6) is 0 Å². The number of hydrogen-bond acceptors (Lipinski definition) is 24. The summed E-state index contributed by atoms with van der Waals surface area (Å²) in [5.74, 6) is 0. The molecule has 0 aromatic heterocycles. The standard InChI is InChI=1S/C29H42N24O16/c30-46-38-2-8-12(43-51-35)18(57)21(60)28(63-8)62-5-11-24(68-27-14(45-53-37)20(59)17(56)10(65-27)4-40-48-32)22(61)29(66-11)69-25-15(54)6(41-49-33)1-7(42-50-34)23(25)67-26-13(44-52-36)19(58)16(55)9(64-26)3-39-47-31/h6-29,54-61H,1-5H2/t6-,7?,8?,9?,10+,11-,12+,13?,14?,15?,16+,17-,18+,19-,20?,21?,22?,23+,24+,25-,26+,27-,28-,29+/m1/s1. The summed E-state index contributed by atoms with van der Waals surface area (Å²) in [5.41, 5.74) is 73.3. The average Bonchev–Trinajstić information content (AvgIpc) is 3.62. The summed E-state index contributed by atoms with van der Waals surface area (Å²) in [4.78, 5) is 21.2. The van der Waals surface area contributed by atoms with Gasteiger partial charge < -0.3 is 78.7 Å². The second-order valence-corrected chi connectivity index (χ2v) is 15.3. The topological polar surface area (TPSA) is 626 Å². The summed E-state index contributed by atoms with van der Waals surface area (Å²) < 4.78 is 47.1. The number of hydrogen-bond donors (Lipinski definition) is 8. The van der Waals surface area contributed by atoms with Gasteiger partial charge in [0.05, 0.1) is 93.2 Å². The number of aliphatic hydroxyl groups excluding tert-OH is 8. The van der Waals surface area contributed by atoms with Crippen LogP contribution in [0.15, 0.2) is 40.9 Å². The first-order valence-electron chi connectivity index (χ1n) is 20.1. The van der Waals surface area contributed by atoms with Crippen molar-refractivity contribution >= 4 is 0 Å². The molecule has 374 valence electrons. The van der Waals surface area contributed by atoms with Crippen molar-refractivity contribution in [3.63, 3.8) is 0 Å². The molecule has 1 aliphatic carbocycles. The van der Waals surface area contributed by atoms with Crippen molar-refractivity contribution in [1.82, 2.24) is 0 Å². The first kappa shape index (κ1) is 53.8. The highest BCUT2D eigenvalue weighted by atomic mass is 16.8. The Bertz CT molecular complexity index is 2170. The first-order valence-corrected chi connectivity index (χ1v) is 20.1. The van der Waals surface area contributed by atoms with Gasteiger partial charge in [-0.25, -0.2) is 0 Å². The zero-order chi connectivity index (χ0) is 50.4. The van der Waals surface area contributed by atoms with E-state index >= 15 is 0 Å². The van der Waals surface area contributed by atoms with Gasteiger partial charge in [-0.1, -0.05) is 40.9 Å². The highest BCUT2D eigenvalue weighted by Crippen LogP contribution is 2.38. The van der Waals surface area contributed by atoms with Crippen LogP contribution >= 0.6 is 0 Å². The molecule has 8 N–H and O–H groups in total. The van der Waals surface area contributed by atoms with E-state index in [0.29, 0.717) is 0 Å². The van der Waals surface area contributed by atoms with E-state index in [1.165, 1.54) is 0 Å². The van der Waals surface area contributed by atoms with E-state index in [9.17, 15) is 63.0 Å². The van der Waals surface area contributed by atoms with Crippen molar-refractivity contribution in [1.29, 1.82) is 0 Å². The number of azide groups is 8. The molecule has 1 saturated carbocycles. The molecule has 0 radical (unpaired) electrons.